The molecule has 2 aliphatic heterocycles. The number of hydrogen-bond donors (Lipinski definition) is 1. The van der Waals surface area contributed by atoms with Crippen molar-refractivity contribution >= 4 is 5.91 Å². The van der Waals surface area contributed by atoms with Gasteiger partial charge >= 0.3 is 0 Å². The zero-order valence-electron chi connectivity index (χ0n) is 16.2. The van der Waals surface area contributed by atoms with Crippen LogP contribution in [-0.2, 0) is 11.3 Å². The molecule has 2 aliphatic rings. The number of benzene rings is 1. The fraction of sp³-hybridized carbons (Fsp3) is 0.650. The number of quaternary nitrogens is 1. The lowest BCUT2D eigenvalue weighted by atomic mass is 9.96. The van der Waals surface area contributed by atoms with Gasteiger partial charge in [0.1, 0.15) is 12.3 Å². The fourth-order valence-electron chi connectivity index (χ4n) is 4.22. The SMILES string of the molecule is COc1cc(OC)c(OC)cc1C[NH+]1CCC[C@@H](C(=O)N2CCCC2)C1. The van der Waals surface area contributed by atoms with Gasteiger partial charge in [-0.3, -0.25) is 4.79 Å². The van der Waals surface area contributed by atoms with Gasteiger partial charge in [0.05, 0.1) is 45.9 Å². The molecule has 26 heavy (non-hydrogen) atoms. The summed E-state index contributed by atoms with van der Waals surface area (Å²) in [7, 11) is 4.95. The van der Waals surface area contributed by atoms with Crippen molar-refractivity contribution in [1.82, 2.24) is 4.90 Å². The number of methoxy groups -OCH3 is 3. The maximum Gasteiger partial charge on any atom is 0.231 e. The molecule has 3 rings (SSSR count). The van der Waals surface area contributed by atoms with Crippen LogP contribution in [0.15, 0.2) is 12.1 Å². The Morgan fingerprint density at radius 2 is 1.69 bits per heavy atom. The summed E-state index contributed by atoms with van der Waals surface area (Å²) in [4.78, 5) is 16.2. The Balaban J connectivity index is 1.70. The topological polar surface area (TPSA) is 52.4 Å². The molecule has 2 atom stereocenters. The van der Waals surface area contributed by atoms with Crippen molar-refractivity contribution in [3.8, 4) is 17.2 Å². The lowest BCUT2D eigenvalue weighted by Gasteiger charge is -2.31. The number of nitrogens with zero attached hydrogens (tertiary/aromatic N) is 1. The highest BCUT2D eigenvalue weighted by Crippen LogP contribution is 2.34. The third kappa shape index (κ3) is 4.06. The van der Waals surface area contributed by atoms with E-state index in [0.717, 1.165) is 69.7 Å². The van der Waals surface area contributed by atoms with Crippen molar-refractivity contribution in [3.05, 3.63) is 17.7 Å². The summed E-state index contributed by atoms with van der Waals surface area (Å²) < 4.78 is 16.4. The van der Waals surface area contributed by atoms with Gasteiger partial charge in [0, 0.05) is 19.2 Å². The number of likely N-dealkylation sites (tertiary alicyclic amines) is 2. The Kier molecular flexibility index (Phi) is 6.25. The Morgan fingerprint density at radius 3 is 2.35 bits per heavy atom. The van der Waals surface area contributed by atoms with Gasteiger partial charge < -0.3 is 24.0 Å². The van der Waals surface area contributed by atoms with E-state index in [2.05, 4.69) is 4.90 Å². The number of ether oxygens (including phenoxy) is 3. The number of hydrogen-bond acceptors (Lipinski definition) is 4. The van der Waals surface area contributed by atoms with Crippen LogP contribution in [0.25, 0.3) is 0 Å². The molecule has 1 aromatic rings. The smallest absolute Gasteiger partial charge is 0.231 e. The summed E-state index contributed by atoms with van der Waals surface area (Å²) in [6.45, 7) is 4.68. The second kappa shape index (κ2) is 8.62. The first-order chi connectivity index (χ1) is 12.7. The first-order valence-electron chi connectivity index (χ1n) is 9.57. The van der Waals surface area contributed by atoms with Gasteiger partial charge in [0.15, 0.2) is 11.5 Å². The molecule has 6 heteroatoms. The Bertz CT molecular complexity index is 628. The highest BCUT2D eigenvalue weighted by Gasteiger charge is 2.33. The molecule has 6 nitrogen and oxygen atoms in total. The summed E-state index contributed by atoms with van der Waals surface area (Å²) in [6.07, 6.45) is 4.41. The molecule has 0 radical (unpaired) electrons. The van der Waals surface area contributed by atoms with Gasteiger partial charge in [0.2, 0.25) is 5.91 Å². The first kappa shape index (κ1) is 18.8. The van der Waals surface area contributed by atoms with Crippen LogP contribution in [0, 0.1) is 5.92 Å². The van der Waals surface area contributed by atoms with Gasteiger partial charge in [-0.05, 0) is 31.7 Å². The number of nitrogens with one attached hydrogen (secondary N) is 1. The normalized spacial score (nSPS) is 23.0. The molecule has 0 aliphatic carbocycles. The molecule has 0 aromatic heterocycles. The quantitative estimate of drug-likeness (QED) is 0.823. The number of carbonyl (C=O) groups excluding carboxylic acids is 1. The second-order valence-electron chi connectivity index (χ2n) is 7.27. The Morgan fingerprint density at radius 1 is 1.04 bits per heavy atom. The third-order valence-electron chi connectivity index (χ3n) is 5.61. The second-order valence-corrected chi connectivity index (χ2v) is 7.27. The van der Waals surface area contributed by atoms with Gasteiger partial charge in [-0.25, -0.2) is 0 Å². The minimum Gasteiger partial charge on any atom is -0.496 e. The molecule has 2 heterocycles. The molecule has 0 bridgehead atoms. The van der Waals surface area contributed by atoms with E-state index >= 15 is 0 Å². The minimum atomic E-state index is 0.156. The van der Waals surface area contributed by atoms with Crippen LogP contribution < -0.4 is 19.1 Å². The number of amides is 1. The van der Waals surface area contributed by atoms with Gasteiger partial charge in [-0.1, -0.05) is 0 Å². The standard InChI is InChI=1S/C20H30N2O4/c1-24-17-12-19(26-3)18(25-2)11-16(17)14-21-8-6-7-15(13-21)20(23)22-9-4-5-10-22/h11-12,15H,4-10,13-14H2,1-3H3/p+1/t15-/m1/s1. The van der Waals surface area contributed by atoms with Crippen molar-refractivity contribution in [2.75, 3.05) is 47.5 Å². The summed E-state index contributed by atoms with van der Waals surface area (Å²) in [5, 5.41) is 0. The molecule has 144 valence electrons. The van der Waals surface area contributed by atoms with Crippen LogP contribution >= 0.6 is 0 Å². The zero-order chi connectivity index (χ0) is 18.5. The largest absolute Gasteiger partial charge is 0.496 e. The number of piperidine rings is 1. The van der Waals surface area contributed by atoms with Gasteiger partial charge in [-0.15, -0.1) is 0 Å². The third-order valence-corrected chi connectivity index (χ3v) is 5.61. The minimum absolute atomic E-state index is 0.156. The Hall–Kier alpha value is -1.95. The lowest BCUT2D eigenvalue weighted by Crippen LogP contribution is -3.12. The fourth-order valence-corrected chi connectivity index (χ4v) is 4.22. The lowest BCUT2D eigenvalue weighted by molar-refractivity contribution is -0.921. The van der Waals surface area contributed by atoms with Crippen molar-refractivity contribution in [1.29, 1.82) is 0 Å². The molecule has 0 spiro atoms. The van der Waals surface area contributed by atoms with Gasteiger partial charge in [-0.2, -0.15) is 0 Å². The summed E-state index contributed by atoms with van der Waals surface area (Å²) >= 11 is 0. The average molecular weight is 363 g/mol. The van der Waals surface area contributed by atoms with Crippen LogP contribution in [-0.4, -0.2) is 58.3 Å². The van der Waals surface area contributed by atoms with Crippen molar-refractivity contribution in [2.45, 2.75) is 32.2 Å². The van der Waals surface area contributed by atoms with E-state index in [1.807, 2.05) is 12.1 Å². The van der Waals surface area contributed by atoms with E-state index < -0.39 is 0 Å². The van der Waals surface area contributed by atoms with Crippen molar-refractivity contribution in [3.63, 3.8) is 0 Å². The van der Waals surface area contributed by atoms with E-state index in [9.17, 15) is 4.79 Å². The monoisotopic (exact) mass is 363 g/mol. The van der Waals surface area contributed by atoms with E-state index in [-0.39, 0.29) is 5.92 Å². The van der Waals surface area contributed by atoms with E-state index in [0.29, 0.717) is 17.4 Å². The Labute approximate surface area is 156 Å². The molecule has 1 amide bonds. The summed E-state index contributed by atoms with van der Waals surface area (Å²) in [6, 6.07) is 3.88. The van der Waals surface area contributed by atoms with Crippen LogP contribution in [0.3, 0.4) is 0 Å². The first-order valence-corrected chi connectivity index (χ1v) is 9.57. The van der Waals surface area contributed by atoms with E-state index in [4.69, 9.17) is 14.2 Å². The summed E-state index contributed by atoms with van der Waals surface area (Å²) in [5.74, 6) is 2.71. The highest BCUT2D eigenvalue weighted by atomic mass is 16.5. The highest BCUT2D eigenvalue weighted by molar-refractivity contribution is 5.79. The predicted octanol–water partition coefficient (Wildman–Crippen LogP) is 1.13. The van der Waals surface area contributed by atoms with E-state index in [1.54, 1.807) is 21.3 Å². The number of carbonyl (C=O) groups is 1. The van der Waals surface area contributed by atoms with Crippen molar-refractivity contribution in [2.24, 2.45) is 5.92 Å². The molecule has 2 fully saturated rings. The van der Waals surface area contributed by atoms with Crippen LogP contribution in [0.5, 0.6) is 17.2 Å². The predicted molar refractivity (Wildman–Crippen MR) is 99.0 cm³/mol. The molecule has 0 saturated carbocycles. The molecule has 1 aromatic carbocycles. The molecule has 1 N–H and O–H groups in total. The summed E-state index contributed by atoms with van der Waals surface area (Å²) in [5.41, 5.74) is 1.09. The van der Waals surface area contributed by atoms with Crippen LogP contribution in [0.2, 0.25) is 0 Å². The van der Waals surface area contributed by atoms with Crippen molar-refractivity contribution < 1.29 is 23.9 Å². The van der Waals surface area contributed by atoms with Gasteiger partial charge in [0.25, 0.3) is 0 Å². The maximum atomic E-state index is 12.8. The van der Waals surface area contributed by atoms with Crippen LogP contribution in [0.1, 0.15) is 31.2 Å². The average Bonchev–Trinajstić information content (AvgIpc) is 3.22. The molecule has 2 saturated heterocycles. The number of rotatable bonds is 6. The molecular formula is C20H31N2O4+. The molecular weight excluding hydrogens is 332 g/mol. The van der Waals surface area contributed by atoms with E-state index in [1.165, 1.54) is 4.90 Å². The molecule has 1 unspecified atom stereocenters. The zero-order valence-corrected chi connectivity index (χ0v) is 16.2. The maximum absolute atomic E-state index is 12.8. The van der Waals surface area contributed by atoms with Crippen LogP contribution in [0.4, 0.5) is 0 Å².